The van der Waals surface area contributed by atoms with E-state index in [4.69, 9.17) is 27.8 Å². The predicted molar refractivity (Wildman–Crippen MR) is 111 cm³/mol. The summed E-state index contributed by atoms with van der Waals surface area (Å²) in [5.41, 5.74) is 16.9. The van der Waals surface area contributed by atoms with E-state index in [1.807, 2.05) is 0 Å². The summed E-state index contributed by atoms with van der Waals surface area (Å²) >= 11 is 6.37. The van der Waals surface area contributed by atoms with Crippen molar-refractivity contribution in [2.24, 2.45) is 10.7 Å². The average Bonchev–Trinajstić information content (AvgIpc) is 3.06. The summed E-state index contributed by atoms with van der Waals surface area (Å²) in [5, 5.41) is 7.49. The molecule has 5 N–H and O–H groups in total. The Morgan fingerprint density at radius 2 is 2.14 bits per heavy atom. The van der Waals surface area contributed by atoms with Gasteiger partial charge in [0.15, 0.2) is 11.6 Å². The average molecular weight is 413 g/mol. The number of ether oxygens (including phenoxy) is 1. The molecule has 0 aliphatic carbocycles. The third-order valence-electron chi connectivity index (χ3n) is 4.71. The minimum absolute atomic E-state index is 0.0633. The van der Waals surface area contributed by atoms with Gasteiger partial charge in [-0.2, -0.15) is 5.10 Å². The maximum absolute atomic E-state index is 13.9. The molecule has 9 heteroatoms. The van der Waals surface area contributed by atoms with E-state index in [-0.39, 0.29) is 12.4 Å². The lowest BCUT2D eigenvalue weighted by atomic mass is 9.96. The van der Waals surface area contributed by atoms with Crippen LogP contribution in [0.5, 0.6) is 5.75 Å². The number of aromatic amines is 1. The number of aliphatic imine (C=N–C) groups is 1. The van der Waals surface area contributed by atoms with E-state index in [2.05, 4.69) is 20.2 Å². The van der Waals surface area contributed by atoms with E-state index >= 15 is 0 Å². The quantitative estimate of drug-likeness (QED) is 0.530. The van der Waals surface area contributed by atoms with Crippen LogP contribution in [0.1, 0.15) is 16.7 Å². The molecular weight excluding hydrogens is 395 g/mol. The van der Waals surface area contributed by atoms with Gasteiger partial charge in [0.05, 0.1) is 5.69 Å². The highest BCUT2D eigenvalue weighted by Gasteiger charge is 2.20. The van der Waals surface area contributed by atoms with Crippen LogP contribution in [-0.2, 0) is 13.0 Å². The smallest absolute Gasteiger partial charge is 0.166 e. The molecule has 0 unspecified atom stereocenters. The van der Waals surface area contributed by atoms with Crippen molar-refractivity contribution in [2.75, 3.05) is 12.8 Å². The van der Waals surface area contributed by atoms with E-state index < -0.39 is 5.82 Å². The molecule has 2 aromatic heterocycles. The lowest BCUT2D eigenvalue weighted by Crippen LogP contribution is -2.11. The largest absolute Gasteiger partial charge is 0.485 e. The lowest BCUT2D eigenvalue weighted by Gasteiger charge is -2.17. The van der Waals surface area contributed by atoms with Gasteiger partial charge in [0.25, 0.3) is 0 Å². The third-order valence-corrected chi connectivity index (χ3v) is 5.02. The minimum Gasteiger partial charge on any atom is -0.485 e. The molecule has 7 nitrogen and oxygen atoms in total. The van der Waals surface area contributed by atoms with Gasteiger partial charge in [-0.3, -0.25) is 10.1 Å². The fourth-order valence-electron chi connectivity index (χ4n) is 3.27. The Morgan fingerprint density at radius 1 is 1.31 bits per heavy atom. The molecular formula is C20H18ClFN6O. The van der Waals surface area contributed by atoms with Crippen molar-refractivity contribution in [3.05, 3.63) is 63.7 Å². The van der Waals surface area contributed by atoms with Gasteiger partial charge in [0.2, 0.25) is 0 Å². The fraction of sp³-hybridized carbons (Fsp3) is 0.150. The van der Waals surface area contributed by atoms with Crippen molar-refractivity contribution in [1.82, 2.24) is 15.2 Å². The van der Waals surface area contributed by atoms with Crippen LogP contribution in [0.15, 0.2) is 41.0 Å². The maximum atomic E-state index is 13.9. The molecule has 148 valence electrons. The minimum atomic E-state index is -0.391. The van der Waals surface area contributed by atoms with Crippen molar-refractivity contribution in [3.8, 4) is 17.0 Å². The predicted octanol–water partition coefficient (Wildman–Crippen LogP) is 3.35. The van der Waals surface area contributed by atoms with Crippen LogP contribution in [0, 0.1) is 5.82 Å². The highest BCUT2D eigenvalue weighted by molar-refractivity contribution is 6.30. The van der Waals surface area contributed by atoms with Crippen molar-refractivity contribution >= 4 is 29.3 Å². The Bertz CT molecular complexity index is 1150. The first-order valence-electron chi connectivity index (χ1n) is 8.79. The first kappa shape index (κ1) is 18.9. The molecule has 0 radical (unpaired) electrons. The molecule has 3 aromatic rings. The molecule has 0 saturated carbocycles. The first-order chi connectivity index (χ1) is 14.0. The van der Waals surface area contributed by atoms with Crippen molar-refractivity contribution in [2.45, 2.75) is 13.0 Å². The number of nitrogen functional groups attached to an aromatic ring is 1. The van der Waals surface area contributed by atoms with Crippen LogP contribution in [-0.4, -0.2) is 28.4 Å². The normalized spacial score (nSPS) is 16.5. The van der Waals surface area contributed by atoms with Gasteiger partial charge in [0, 0.05) is 53.8 Å². The third kappa shape index (κ3) is 3.54. The molecule has 1 aliphatic heterocycles. The summed E-state index contributed by atoms with van der Waals surface area (Å²) in [6.07, 6.45) is 3.62. The van der Waals surface area contributed by atoms with E-state index in [9.17, 15) is 4.39 Å². The van der Waals surface area contributed by atoms with E-state index in [1.54, 1.807) is 31.6 Å². The summed E-state index contributed by atoms with van der Waals surface area (Å²) in [5.74, 6) is 0.188. The fourth-order valence-corrected chi connectivity index (χ4v) is 3.47. The maximum Gasteiger partial charge on any atom is 0.166 e. The number of nitrogens with two attached hydrogens (primary N) is 2. The van der Waals surface area contributed by atoms with Crippen molar-refractivity contribution in [3.63, 3.8) is 0 Å². The molecule has 29 heavy (non-hydrogen) atoms. The second-order valence-corrected chi connectivity index (χ2v) is 6.94. The van der Waals surface area contributed by atoms with Gasteiger partial charge in [-0.05, 0) is 29.8 Å². The van der Waals surface area contributed by atoms with Gasteiger partial charge < -0.3 is 16.2 Å². The first-order valence-corrected chi connectivity index (χ1v) is 9.16. The summed E-state index contributed by atoms with van der Waals surface area (Å²) in [4.78, 5) is 8.32. The molecule has 0 fully saturated rings. The Hall–Kier alpha value is -3.39. The highest BCUT2D eigenvalue weighted by Crippen LogP contribution is 2.34. The van der Waals surface area contributed by atoms with Gasteiger partial charge in [-0.25, -0.2) is 9.37 Å². The van der Waals surface area contributed by atoms with E-state index in [1.165, 1.54) is 12.1 Å². The standard InChI is InChI=1S/C20H18ClFN6O/c1-25-7-10-5-15-18(27-28-19(15)21)11-6-16(20(24)26-8-11)29-9-12-4-13(22)2-3-14(12)17(10)23/h2-4,6-8H,5,9,23H2,1H3,(H2,24,26)(H,27,28)/b17-10-,25-7?. The zero-order valence-corrected chi connectivity index (χ0v) is 16.3. The number of halogens is 2. The number of allylic oxidation sites excluding steroid dienone is 1. The molecule has 0 spiro atoms. The van der Waals surface area contributed by atoms with Gasteiger partial charge >= 0.3 is 0 Å². The topological polar surface area (TPSA) is 115 Å². The number of hydrogen-bond acceptors (Lipinski definition) is 6. The van der Waals surface area contributed by atoms with Gasteiger partial charge in [-0.15, -0.1) is 0 Å². The highest BCUT2D eigenvalue weighted by atomic mass is 35.5. The number of aromatic nitrogens is 3. The van der Waals surface area contributed by atoms with Crippen LogP contribution >= 0.6 is 11.6 Å². The second-order valence-electron chi connectivity index (χ2n) is 6.57. The Kier molecular flexibility index (Phi) is 4.94. The SMILES string of the molecule is CN=C/C1=C(\N)c2ccc(F)cc2COc2cc(cnc2N)-c2n[nH]c(Cl)c2C1. The van der Waals surface area contributed by atoms with Crippen molar-refractivity contribution < 1.29 is 9.13 Å². The van der Waals surface area contributed by atoms with Crippen LogP contribution in [0.3, 0.4) is 0 Å². The number of nitrogens with zero attached hydrogens (tertiary/aromatic N) is 3. The van der Waals surface area contributed by atoms with E-state index in [0.29, 0.717) is 51.0 Å². The molecule has 1 aliphatic rings. The number of rotatable bonds is 1. The Morgan fingerprint density at radius 3 is 2.93 bits per heavy atom. The number of H-pyrrole nitrogens is 1. The molecule has 3 heterocycles. The van der Waals surface area contributed by atoms with Crippen LogP contribution in [0.25, 0.3) is 17.0 Å². The Labute approximate surface area is 171 Å². The van der Waals surface area contributed by atoms with Gasteiger partial charge in [-0.1, -0.05) is 11.6 Å². The molecule has 0 atom stereocenters. The van der Waals surface area contributed by atoms with Crippen LogP contribution in [0.2, 0.25) is 5.15 Å². The monoisotopic (exact) mass is 412 g/mol. The molecule has 1 aromatic carbocycles. The molecule has 0 amide bonds. The summed E-state index contributed by atoms with van der Waals surface area (Å²) in [6, 6.07) is 6.09. The summed E-state index contributed by atoms with van der Waals surface area (Å²) < 4.78 is 19.8. The summed E-state index contributed by atoms with van der Waals surface area (Å²) in [6.45, 7) is 0.0633. The number of hydrogen-bond donors (Lipinski definition) is 3. The molecule has 2 bridgehead atoms. The Balaban J connectivity index is 1.99. The van der Waals surface area contributed by atoms with Crippen molar-refractivity contribution in [1.29, 1.82) is 0 Å². The number of pyridine rings is 1. The molecule has 4 rings (SSSR count). The zero-order chi connectivity index (χ0) is 20.5. The number of anilines is 1. The zero-order valence-electron chi connectivity index (χ0n) is 15.5. The van der Waals surface area contributed by atoms with Gasteiger partial charge in [0.1, 0.15) is 17.6 Å². The van der Waals surface area contributed by atoms with Crippen LogP contribution < -0.4 is 16.2 Å². The summed E-state index contributed by atoms with van der Waals surface area (Å²) in [7, 11) is 1.65. The number of benzene rings is 1. The lowest BCUT2D eigenvalue weighted by molar-refractivity contribution is 0.306. The van der Waals surface area contributed by atoms with E-state index in [0.717, 1.165) is 5.56 Å². The number of fused-ring (bicyclic) bond motifs is 5. The molecule has 0 saturated heterocycles. The second kappa shape index (κ2) is 7.56. The number of nitrogens with one attached hydrogen (secondary N) is 1. The van der Waals surface area contributed by atoms with Crippen LogP contribution in [0.4, 0.5) is 10.2 Å².